The molecule has 0 radical (unpaired) electrons. The second-order valence-electron chi connectivity index (χ2n) is 8.56. The first-order valence-electron chi connectivity index (χ1n) is 11.1. The molecular formula is C30H26O3. The molecule has 1 aliphatic rings. The first-order chi connectivity index (χ1) is 16.1. The van der Waals surface area contributed by atoms with Crippen LogP contribution in [0.5, 0.6) is 11.5 Å². The molecule has 0 heterocycles. The fraction of sp³-hybridized carbons (Fsp3) is 0.167. The molecule has 0 saturated carbocycles. The third kappa shape index (κ3) is 3.70. The fourth-order valence-electron chi connectivity index (χ4n) is 5.19. The van der Waals surface area contributed by atoms with E-state index in [4.69, 9.17) is 9.47 Å². The Morgan fingerprint density at radius 1 is 0.606 bits per heavy atom. The highest BCUT2D eigenvalue weighted by molar-refractivity contribution is 6.13. The van der Waals surface area contributed by atoms with Crippen LogP contribution in [0.15, 0.2) is 97.1 Å². The summed E-state index contributed by atoms with van der Waals surface area (Å²) in [5.41, 5.74) is 5.61. The molecule has 4 aromatic rings. The SMILES string of the molecule is COc1cccc(CC2(Cc3cccc(OC)c3)c3ccccc3C(=O)c3ccccc32)c1. The molecule has 0 amide bonds. The van der Waals surface area contributed by atoms with Gasteiger partial charge >= 0.3 is 0 Å². The molecule has 5 rings (SSSR count). The standard InChI is InChI=1S/C30H26O3/c1-32-23-11-7-9-21(17-23)19-30(20-22-10-8-12-24(18-22)33-2)27-15-5-3-13-25(27)29(31)26-14-4-6-16-28(26)30/h3-18H,19-20H2,1-2H3. The molecule has 0 atom stereocenters. The Balaban J connectivity index is 1.76. The zero-order valence-corrected chi connectivity index (χ0v) is 18.9. The van der Waals surface area contributed by atoms with Crippen molar-refractivity contribution in [2.45, 2.75) is 18.3 Å². The van der Waals surface area contributed by atoms with Gasteiger partial charge in [0.05, 0.1) is 14.2 Å². The van der Waals surface area contributed by atoms with Crippen LogP contribution >= 0.6 is 0 Å². The van der Waals surface area contributed by atoms with E-state index < -0.39 is 5.41 Å². The molecule has 164 valence electrons. The van der Waals surface area contributed by atoms with Crippen molar-refractivity contribution in [3.63, 3.8) is 0 Å². The second kappa shape index (κ2) is 8.59. The van der Waals surface area contributed by atoms with Crippen LogP contribution in [0.2, 0.25) is 0 Å². The number of rotatable bonds is 6. The molecule has 4 aromatic carbocycles. The van der Waals surface area contributed by atoms with Gasteiger partial charge in [0.25, 0.3) is 0 Å². The third-order valence-corrected chi connectivity index (χ3v) is 6.65. The summed E-state index contributed by atoms with van der Waals surface area (Å²) in [6, 6.07) is 32.6. The minimum Gasteiger partial charge on any atom is -0.497 e. The van der Waals surface area contributed by atoms with Crippen LogP contribution in [0.1, 0.15) is 38.2 Å². The van der Waals surface area contributed by atoms with Gasteiger partial charge in [-0.1, -0.05) is 72.8 Å². The average Bonchev–Trinajstić information content (AvgIpc) is 2.87. The van der Waals surface area contributed by atoms with Crippen LogP contribution in [0.3, 0.4) is 0 Å². The summed E-state index contributed by atoms with van der Waals surface area (Å²) in [4.78, 5) is 13.5. The summed E-state index contributed by atoms with van der Waals surface area (Å²) in [6.07, 6.45) is 1.48. The molecule has 0 N–H and O–H groups in total. The molecule has 0 aromatic heterocycles. The van der Waals surface area contributed by atoms with E-state index in [0.29, 0.717) is 0 Å². The smallest absolute Gasteiger partial charge is 0.193 e. The number of hydrogen-bond acceptors (Lipinski definition) is 3. The Morgan fingerprint density at radius 2 is 1.06 bits per heavy atom. The first-order valence-corrected chi connectivity index (χ1v) is 11.1. The van der Waals surface area contributed by atoms with E-state index in [2.05, 4.69) is 36.4 Å². The van der Waals surface area contributed by atoms with E-state index in [1.165, 1.54) is 0 Å². The van der Waals surface area contributed by atoms with Crippen molar-refractivity contribution in [3.8, 4) is 11.5 Å². The van der Waals surface area contributed by atoms with E-state index in [1.807, 2.05) is 60.7 Å². The van der Waals surface area contributed by atoms with Crippen LogP contribution in [-0.2, 0) is 18.3 Å². The Labute approximate surface area is 194 Å². The monoisotopic (exact) mass is 434 g/mol. The summed E-state index contributed by atoms with van der Waals surface area (Å²) >= 11 is 0. The van der Waals surface area contributed by atoms with Crippen molar-refractivity contribution in [2.75, 3.05) is 14.2 Å². The van der Waals surface area contributed by atoms with Gasteiger partial charge in [0.1, 0.15) is 11.5 Å². The van der Waals surface area contributed by atoms with Crippen LogP contribution in [0.25, 0.3) is 0 Å². The van der Waals surface area contributed by atoms with E-state index in [0.717, 1.165) is 57.7 Å². The van der Waals surface area contributed by atoms with Crippen LogP contribution < -0.4 is 9.47 Å². The van der Waals surface area contributed by atoms with Gasteiger partial charge < -0.3 is 9.47 Å². The summed E-state index contributed by atoms with van der Waals surface area (Å²) < 4.78 is 11.0. The number of fused-ring (bicyclic) bond motifs is 2. The van der Waals surface area contributed by atoms with E-state index in [9.17, 15) is 4.79 Å². The zero-order chi connectivity index (χ0) is 22.8. The minimum atomic E-state index is -0.417. The maximum Gasteiger partial charge on any atom is 0.193 e. The Morgan fingerprint density at radius 3 is 1.52 bits per heavy atom. The van der Waals surface area contributed by atoms with Crippen molar-refractivity contribution >= 4 is 5.78 Å². The zero-order valence-electron chi connectivity index (χ0n) is 18.9. The highest BCUT2D eigenvalue weighted by atomic mass is 16.5. The topological polar surface area (TPSA) is 35.5 Å². The number of methoxy groups -OCH3 is 2. The highest BCUT2D eigenvalue weighted by Crippen LogP contribution is 2.46. The molecule has 0 unspecified atom stereocenters. The summed E-state index contributed by atoms with van der Waals surface area (Å²) in [6.45, 7) is 0. The maximum atomic E-state index is 13.5. The quantitative estimate of drug-likeness (QED) is 0.372. The molecule has 0 spiro atoms. The van der Waals surface area contributed by atoms with E-state index in [1.54, 1.807) is 14.2 Å². The maximum absolute atomic E-state index is 13.5. The number of carbonyl (C=O) groups excluding carboxylic acids is 1. The number of ether oxygens (including phenoxy) is 2. The van der Waals surface area contributed by atoms with Crippen molar-refractivity contribution in [2.24, 2.45) is 0 Å². The van der Waals surface area contributed by atoms with Gasteiger partial charge in [-0.15, -0.1) is 0 Å². The van der Waals surface area contributed by atoms with E-state index in [-0.39, 0.29) is 5.78 Å². The van der Waals surface area contributed by atoms with E-state index >= 15 is 0 Å². The van der Waals surface area contributed by atoms with Gasteiger partial charge in [-0.25, -0.2) is 0 Å². The van der Waals surface area contributed by atoms with Crippen molar-refractivity contribution in [1.29, 1.82) is 0 Å². The lowest BCUT2D eigenvalue weighted by Gasteiger charge is -2.41. The Kier molecular flexibility index (Phi) is 5.47. The number of benzene rings is 4. The molecule has 0 bridgehead atoms. The minimum absolute atomic E-state index is 0.0908. The Hall–Kier alpha value is -3.85. The predicted molar refractivity (Wildman–Crippen MR) is 130 cm³/mol. The van der Waals surface area contributed by atoms with Gasteiger partial charge in [-0.3, -0.25) is 4.79 Å². The second-order valence-corrected chi connectivity index (χ2v) is 8.56. The van der Waals surface area contributed by atoms with Gasteiger partial charge in [-0.05, 0) is 59.4 Å². The summed E-state index contributed by atoms with van der Waals surface area (Å²) in [7, 11) is 3.38. The Bertz CT molecular complexity index is 1220. The molecule has 3 nitrogen and oxygen atoms in total. The van der Waals surface area contributed by atoms with Crippen molar-refractivity contribution in [1.82, 2.24) is 0 Å². The number of ketones is 1. The highest BCUT2D eigenvalue weighted by Gasteiger charge is 2.43. The largest absolute Gasteiger partial charge is 0.497 e. The molecule has 0 saturated heterocycles. The third-order valence-electron chi connectivity index (χ3n) is 6.65. The van der Waals surface area contributed by atoms with Gasteiger partial charge in [0, 0.05) is 16.5 Å². The molecule has 3 heteroatoms. The average molecular weight is 435 g/mol. The molecule has 33 heavy (non-hydrogen) atoms. The predicted octanol–water partition coefficient (Wildman–Crippen LogP) is 6.02. The normalized spacial score (nSPS) is 13.7. The van der Waals surface area contributed by atoms with Gasteiger partial charge in [0.15, 0.2) is 5.78 Å². The lowest BCUT2D eigenvalue weighted by atomic mass is 9.61. The first kappa shape index (κ1) is 21.0. The molecule has 1 aliphatic carbocycles. The summed E-state index contributed by atoms with van der Waals surface area (Å²) in [5, 5.41) is 0. The fourth-order valence-corrected chi connectivity index (χ4v) is 5.19. The summed E-state index contributed by atoms with van der Waals surface area (Å²) in [5.74, 6) is 1.75. The van der Waals surface area contributed by atoms with Gasteiger partial charge in [-0.2, -0.15) is 0 Å². The van der Waals surface area contributed by atoms with Crippen LogP contribution in [-0.4, -0.2) is 20.0 Å². The van der Waals surface area contributed by atoms with Gasteiger partial charge in [0.2, 0.25) is 0 Å². The van der Waals surface area contributed by atoms with Crippen LogP contribution in [0, 0.1) is 0 Å². The lowest BCUT2D eigenvalue weighted by Crippen LogP contribution is -2.39. The van der Waals surface area contributed by atoms with Crippen molar-refractivity contribution < 1.29 is 14.3 Å². The van der Waals surface area contributed by atoms with Crippen molar-refractivity contribution in [3.05, 3.63) is 130 Å². The number of carbonyl (C=O) groups is 1. The van der Waals surface area contributed by atoms with Crippen LogP contribution in [0.4, 0.5) is 0 Å². The lowest BCUT2D eigenvalue weighted by molar-refractivity contribution is 0.102. The number of hydrogen-bond donors (Lipinski definition) is 0. The molecule has 0 aliphatic heterocycles. The molecular weight excluding hydrogens is 408 g/mol. The molecule has 0 fully saturated rings.